The third-order valence-electron chi connectivity index (χ3n) is 2.54. The second-order valence-corrected chi connectivity index (χ2v) is 5.03. The van der Waals surface area contributed by atoms with Gasteiger partial charge in [-0.3, -0.25) is 14.9 Å². The Bertz CT molecular complexity index is 445. The fourth-order valence-corrected chi connectivity index (χ4v) is 2.58. The molecule has 2 amide bonds. The molecule has 16 heavy (non-hydrogen) atoms. The number of halogens is 2. The predicted molar refractivity (Wildman–Crippen MR) is 64.3 cm³/mol. The fourth-order valence-electron chi connectivity index (χ4n) is 1.82. The lowest BCUT2D eigenvalue weighted by Gasteiger charge is -2.22. The number of benzene rings is 1. The monoisotopic (exact) mass is 301 g/mol. The minimum Gasteiger partial charge on any atom is -0.296 e. The van der Waals surface area contributed by atoms with E-state index in [1.165, 1.54) is 0 Å². The first-order chi connectivity index (χ1) is 7.56. The Kier molecular flexibility index (Phi) is 3.30. The zero-order valence-corrected chi connectivity index (χ0v) is 10.6. The van der Waals surface area contributed by atoms with Crippen molar-refractivity contribution in [3.8, 4) is 0 Å². The van der Waals surface area contributed by atoms with Crippen LogP contribution in [0.2, 0.25) is 5.02 Å². The first-order valence-corrected chi connectivity index (χ1v) is 6.01. The van der Waals surface area contributed by atoms with Gasteiger partial charge in [0.2, 0.25) is 11.8 Å². The molecule has 0 bridgehead atoms. The third kappa shape index (κ3) is 2.44. The van der Waals surface area contributed by atoms with Crippen molar-refractivity contribution in [3.05, 3.63) is 33.3 Å². The first-order valence-electron chi connectivity index (χ1n) is 4.84. The molecule has 0 atom stereocenters. The van der Waals surface area contributed by atoms with Crippen molar-refractivity contribution >= 4 is 39.3 Å². The molecule has 1 saturated heterocycles. The molecular weight excluding hydrogens is 293 g/mol. The molecule has 2 rings (SSSR count). The summed E-state index contributed by atoms with van der Waals surface area (Å²) in [6, 6.07) is 5.39. The van der Waals surface area contributed by atoms with Gasteiger partial charge in [0.1, 0.15) is 0 Å². The van der Waals surface area contributed by atoms with E-state index in [0.29, 0.717) is 17.9 Å². The summed E-state index contributed by atoms with van der Waals surface area (Å²) in [5.41, 5.74) is 0.913. The van der Waals surface area contributed by atoms with E-state index in [1.54, 1.807) is 12.1 Å². The molecule has 5 heteroatoms. The van der Waals surface area contributed by atoms with Crippen molar-refractivity contribution in [2.45, 2.75) is 18.8 Å². The highest BCUT2D eigenvalue weighted by Gasteiger charge is 2.27. The van der Waals surface area contributed by atoms with Crippen molar-refractivity contribution < 1.29 is 9.59 Å². The van der Waals surface area contributed by atoms with Crippen LogP contribution < -0.4 is 5.32 Å². The molecule has 3 nitrogen and oxygen atoms in total. The molecule has 1 aliphatic rings. The number of amides is 2. The lowest BCUT2D eigenvalue weighted by molar-refractivity contribution is -0.133. The standard InChI is InChI=1S/C11H9BrClNO2/c12-9-2-1-7(13)5-8(9)6-3-10(15)14-11(16)4-6/h1-2,5-6H,3-4H2,(H,14,15,16). The van der Waals surface area contributed by atoms with Crippen molar-refractivity contribution in [2.75, 3.05) is 0 Å². The average molecular weight is 303 g/mol. The molecule has 1 aromatic carbocycles. The van der Waals surface area contributed by atoms with Gasteiger partial charge in [0.25, 0.3) is 0 Å². The van der Waals surface area contributed by atoms with Gasteiger partial charge in [0.15, 0.2) is 0 Å². The van der Waals surface area contributed by atoms with Crippen LogP contribution in [0, 0.1) is 0 Å². The van der Waals surface area contributed by atoms with E-state index in [4.69, 9.17) is 11.6 Å². The molecule has 1 fully saturated rings. The minimum atomic E-state index is -0.229. The van der Waals surface area contributed by atoms with E-state index in [2.05, 4.69) is 21.2 Å². The van der Waals surface area contributed by atoms with Crippen LogP contribution in [0.15, 0.2) is 22.7 Å². The molecular formula is C11H9BrClNO2. The Morgan fingerprint density at radius 3 is 2.50 bits per heavy atom. The maximum absolute atomic E-state index is 11.3. The molecule has 0 saturated carbocycles. The van der Waals surface area contributed by atoms with Crippen molar-refractivity contribution in [3.63, 3.8) is 0 Å². The van der Waals surface area contributed by atoms with Crippen LogP contribution in [0.25, 0.3) is 0 Å². The maximum atomic E-state index is 11.3. The lowest BCUT2D eigenvalue weighted by Crippen LogP contribution is -2.37. The number of hydrogen-bond acceptors (Lipinski definition) is 2. The number of hydrogen-bond donors (Lipinski definition) is 1. The summed E-state index contributed by atoms with van der Waals surface area (Å²) >= 11 is 9.31. The zero-order chi connectivity index (χ0) is 11.7. The van der Waals surface area contributed by atoms with Crippen molar-refractivity contribution in [2.24, 2.45) is 0 Å². The van der Waals surface area contributed by atoms with Crippen LogP contribution in [0.5, 0.6) is 0 Å². The fraction of sp³-hybridized carbons (Fsp3) is 0.273. The maximum Gasteiger partial charge on any atom is 0.227 e. The number of rotatable bonds is 1. The Hall–Kier alpha value is -0.870. The van der Waals surface area contributed by atoms with E-state index in [1.807, 2.05) is 6.07 Å². The number of piperidine rings is 1. The van der Waals surface area contributed by atoms with Crippen LogP contribution >= 0.6 is 27.5 Å². The van der Waals surface area contributed by atoms with Gasteiger partial charge in [-0.2, -0.15) is 0 Å². The molecule has 1 aliphatic heterocycles. The summed E-state index contributed by atoms with van der Waals surface area (Å²) in [6.07, 6.45) is 0.648. The third-order valence-corrected chi connectivity index (χ3v) is 3.50. The number of carbonyl (C=O) groups excluding carboxylic acids is 2. The molecule has 0 aromatic heterocycles. The molecule has 0 unspecified atom stereocenters. The van der Waals surface area contributed by atoms with E-state index >= 15 is 0 Å². The molecule has 1 aromatic rings. The summed E-state index contributed by atoms with van der Waals surface area (Å²) in [7, 11) is 0. The topological polar surface area (TPSA) is 46.2 Å². The van der Waals surface area contributed by atoms with Crippen LogP contribution in [-0.2, 0) is 9.59 Å². The van der Waals surface area contributed by atoms with Crippen LogP contribution in [0.3, 0.4) is 0 Å². The molecule has 0 radical (unpaired) electrons. The summed E-state index contributed by atoms with van der Waals surface area (Å²) < 4.78 is 0.879. The van der Waals surface area contributed by atoms with Crippen molar-refractivity contribution in [1.82, 2.24) is 5.32 Å². The molecule has 84 valence electrons. The molecule has 1 N–H and O–H groups in total. The van der Waals surface area contributed by atoms with Crippen LogP contribution in [0.1, 0.15) is 24.3 Å². The Labute approximate surface area is 106 Å². The Balaban J connectivity index is 2.32. The predicted octanol–water partition coefficient (Wildman–Crippen LogP) is 2.62. The lowest BCUT2D eigenvalue weighted by atomic mass is 9.89. The highest BCUT2D eigenvalue weighted by atomic mass is 79.9. The number of carbonyl (C=O) groups is 2. The van der Waals surface area contributed by atoms with Gasteiger partial charge < -0.3 is 0 Å². The van der Waals surface area contributed by atoms with E-state index in [0.717, 1.165) is 10.0 Å². The Morgan fingerprint density at radius 2 is 1.88 bits per heavy atom. The van der Waals surface area contributed by atoms with E-state index in [9.17, 15) is 9.59 Å². The summed E-state index contributed by atoms with van der Waals surface area (Å²) in [4.78, 5) is 22.5. The minimum absolute atomic E-state index is 0.0886. The van der Waals surface area contributed by atoms with Crippen molar-refractivity contribution in [1.29, 1.82) is 0 Å². The van der Waals surface area contributed by atoms with Gasteiger partial charge in [0.05, 0.1) is 0 Å². The average Bonchev–Trinajstić information content (AvgIpc) is 2.20. The van der Waals surface area contributed by atoms with Gasteiger partial charge in [-0.15, -0.1) is 0 Å². The zero-order valence-electron chi connectivity index (χ0n) is 8.30. The molecule has 0 aliphatic carbocycles. The normalized spacial score (nSPS) is 17.4. The van der Waals surface area contributed by atoms with Gasteiger partial charge >= 0.3 is 0 Å². The summed E-state index contributed by atoms with van der Waals surface area (Å²) in [5, 5.41) is 2.89. The van der Waals surface area contributed by atoms with Gasteiger partial charge in [0, 0.05) is 28.3 Å². The summed E-state index contributed by atoms with van der Waals surface area (Å²) in [6.45, 7) is 0. The molecule has 0 spiro atoms. The molecule has 1 heterocycles. The SMILES string of the molecule is O=C1CC(c2cc(Cl)ccc2Br)CC(=O)N1. The number of imide groups is 1. The van der Waals surface area contributed by atoms with Gasteiger partial charge in [-0.05, 0) is 23.8 Å². The Morgan fingerprint density at radius 1 is 1.25 bits per heavy atom. The number of nitrogens with one attached hydrogen (secondary N) is 1. The smallest absolute Gasteiger partial charge is 0.227 e. The summed E-state index contributed by atoms with van der Waals surface area (Å²) in [5.74, 6) is -0.546. The van der Waals surface area contributed by atoms with Gasteiger partial charge in [-0.25, -0.2) is 0 Å². The van der Waals surface area contributed by atoms with E-state index < -0.39 is 0 Å². The van der Waals surface area contributed by atoms with Crippen LogP contribution in [-0.4, -0.2) is 11.8 Å². The van der Waals surface area contributed by atoms with Gasteiger partial charge in [-0.1, -0.05) is 27.5 Å². The van der Waals surface area contributed by atoms with Crippen LogP contribution in [0.4, 0.5) is 0 Å². The highest BCUT2D eigenvalue weighted by Crippen LogP contribution is 2.33. The quantitative estimate of drug-likeness (QED) is 0.811. The largest absolute Gasteiger partial charge is 0.296 e. The second-order valence-electron chi connectivity index (χ2n) is 3.74. The highest BCUT2D eigenvalue weighted by molar-refractivity contribution is 9.10. The van der Waals surface area contributed by atoms with E-state index in [-0.39, 0.29) is 17.7 Å². The first kappa shape index (κ1) is 11.6. The second kappa shape index (κ2) is 4.55.